The predicted octanol–water partition coefficient (Wildman–Crippen LogP) is 2.46. The van der Waals surface area contributed by atoms with Crippen LogP contribution in [0.15, 0.2) is 24.5 Å². The summed E-state index contributed by atoms with van der Waals surface area (Å²) in [6.07, 6.45) is 2.26. The molecular weight excluding hydrogens is 372 g/mol. The summed E-state index contributed by atoms with van der Waals surface area (Å²) in [7, 11) is 0. The Kier molecular flexibility index (Phi) is 6.51. The Labute approximate surface area is 160 Å². The number of carbonyl (C=O) groups excluding carboxylic acids is 2. The fourth-order valence-electron chi connectivity index (χ4n) is 2.09. The van der Waals surface area contributed by atoms with Gasteiger partial charge in [0.2, 0.25) is 5.91 Å². The number of nitrogens with zero attached hydrogens (tertiary/aromatic N) is 3. The van der Waals surface area contributed by atoms with E-state index in [1.54, 1.807) is 6.07 Å². The maximum absolute atomic E-state index is 12.2. The van der Waals surface area contributed by atoms with E-state index in [-0.39, 0.29) is 29.1 Å². The third-order valence-electron chi connectivity index (χ3n) is 3.13. The number of anilines is 2. The van der Waals surface area contributed by atoms with Gasteiger partial charge in [-0.15, -0.1) is 0 Å². The number of carbonyl (C=O) groups is 2. The molecule has 10 heteroatoms. The van der Waals surface area contributed by atoms with Crippen molar-refractivity contribution in [2.45, 2.75) is 26.4 Å². The van der Waals surface area contributed by atoms with E-state index in [4.69, 9.17) is 27.3 Å². The molecule has 140 valence electrons. The number of hydrogen-bond acceptors (Lipinski definition) is 6. The smallest absolute Gasteiger partial charge is 0.325 e. The molecule has 2 rings (SSSR count). The number of urea groups is 1. The number of nitrogens with two attached hydrogens (primary N) is 1. The highest BCUT2D eigenvalue weighted by molar-refractivity contribution is 6.32. The van der Waals surface area contributed by atoms with E-state index >= 15 is 0 Å². The van der Waals surface area contributed by atoms with Gasteiger partial charge in [-0.05, 0) is 31.5 Å². The highest BCUT2D eigenvalue weighted by Gasteiger charge is 2.15. The topological polar surface area (TPSA) is 143 Å². The standard InChI is InChI=1S/C17H17ClN6O3/c1-9(2)27-14-3-10(4-15(20)25)12(18)5-13(14)23-17(26)24-16-8-21-11(6-19)7-22-16/h3,5,7-9H,4H2,1-2H3,(H2,20,25)(H2,22,23,24,26). The summed E-state index contributed by atoms with van der Waals surface area (Å²) in [6.45, 7) is 3.64. The number of benzene rings is 1. The number of rotatable bonds is 6. The molecule has 27 heavy (non-hydrogen) atoms. The zero-order valence-electron chi connectivity index (χ0n) is 14.6. The number of aromatic nitrogens is 2. The van der Waals surface area contributed by atoms with Gasteiger partial charge < -0.3 is 15.8 Å². The largest absolute Gasteiger partial charge is 0.489 e. The molecule has 9 nitrogen and oxygen atoms in total. The van der Waals surface area contributed by atoms with Crippen molar-refractivity contribution in [2.75, 3.05) is 10.6 Å². The van der Waals surface area contributed by atoms with Gasteiger partial charge in [-0.25, -0.2) is 14.8 Å². The SMILES string of the molecule is CC(C)Oc1cc(CC(N)=O)c(Cl)cc1NC(=O)Nc1cnc(C#N)cn1. The molecular formula is C17H17ClN6O3. The zero-order valence-corrected chi connectivity index (χ0v) is 15.4. The van der Waals surface area contributed by atoms with Crippen LogP contribution in [0.1, 0.15) is 25.1 Å². The summed E-state index contributed by atoms with van der Waals surface area (Å²) >= 11 is 6.17. The second-order valence-electron chi connectivity index (χ2n) is 5.73. The maximum atomic E-state index is 12.2. The van der Waals surface area contributed by atoms with Crippen molar-refractivity contribution in [1.29, 1.82) is 5.26 Å². The van der Waals surface area contributed by atoms with E-state index < -0.39 is 11.9 Å². The Balaban J connectivity index is 2.21. The molecule has 0 atom stereocenters. The first kappa shape index (κ1) is 19.9. The molecule has 0 aliphatic heterocycles. The van der Waals surface area contributed by atoms with E-state index in [0.717, 1.165) is 0 Å². The lowest BCUT2D eigenvalue weighted by atomic mass is 10.1. The monoisotopic (exact) mass is 388 g/mol. The lowest BCUT2D eigenvalue weighted by molar-refractivity contribution is -0.117. The quantitative estimate of drug-likeness (QED) is 0.693. The van der Waals surface area contributed by atoms with Crippen LogP contribution >= 0.6 is 11.6 Å². The Morgan fingerprint density at radius 1 is 1.30 bits per heavy atom. The molecule has 4 N–H and O–H groups in total. The number of nitriles is 1. The molecule has 0 aliphatic carbocycles. The molecule has 0 unspecified atom stereocenters. The first-order valence-electron chi connectivity index (χ1n) is 7.86. The highest BCUT2D eigenvalue weighted by atomic mass is 35.5. The van der Waals surface area contributed by atoms with Crippen LogP contribution in [-0.2, 0) is 11.2 Å². The van der Waals surface area contributed by atoms with Crippen LogP contribution < -0.4 is 21.1 Å². The van der Waals surface area contributed by atoms with Crippen molar-refractivity contribution in [3.63, 3.8) is 0 Å². The number of primary amides is 1. The number of nitrogens with one attached hydrogen (secondary N) is 2. The van der Waals surface area contributed by atoms with Gasteiger partial charge in [-0.2, -0.15) is 5.26 Å². The van der Waals surface area contributed by atoms with Crippen molar-refractivity contribution in [2.24, 2.45) is 5.73 Å². The Morgan fingerprint density at radius 3 is 2.59 bits per heavy atom. The molecule has 1 aromatic heterocycles. The molecule has 0 saturated heterocycles. The first-order valence-corrected chi connectivity index (χ1v) is 8.23. The predicted molar refractivity (Wildman–Crippen MR) is 99.5 cm³/mol. The van der Waals surface area contributed by atoms with Gasteiger partial charge in [0.1, 0.15) is 11.8 Å². The van der Waals surface area contributed by atoms with Gasteiger partial charge in [-0.1, -0.05) is 11.6 Å². The highest BCUT2D eigenvalue weighted by Crippen LogP contribution is 2.32. The van der Waals surface area contributed by atoms with Crippen LogP contribution in [0.3, 0.4) is 0 Å². The number of hydrogen-bond donors (Lipinski definition) is 3. The second-order valence-corrected chi connectivity index (χ2v) is 6.13. The van der Waals surface area contributed by atoms with Crippen molar-refractivity contribution in [3.05, 3.63) is 40.8 Å². The molecule has 0 bridgehead atoms. The van der Waals surface area contributed by atoms with Gasteiger partial charge in [0.25, 0.3) is 0 Å². The maximum Gasteiger partial charge on any atom is 0.325 e. The van der Waals surface area contributed by atoms with Crippen molar-refractivity contribution in [3.8, 4) is 11.8 Å². The summed E-state index contributed by atoms with van der Waals surface area (Å²) in [5.41, 5.74) is 6.15. The van der Waals surface area contributed by atoms with Crippen LogP contribution in [-0.4, -0.2) is 28.0 Å². The molecule has 1 aromatic carbocycles. The van der Waals surface area contributed by atoms with Gasteiger partial charge in [-0.3, -0.25) is 10.1 Å². The Hall–Kier alpha value is -3.38. The van der Waals surface area contributed by atoms with Crippen molar-refractivity contribution < 1.29 is 14.3 Å². The van der Waals surface area contributed by atoms with Crippen molar-refractivity contribution >= 4 is 35.0 Å². The van der Waals surface area contributed by atoms with E-state index in [1.807, 2.05) is 19.9 Å². The van der Waals surface area contributed by atoms with E-state index in [2.05, 4.69) is 20.6 Å². The van der Waals surface area contributed by atoms with Gasteiger partial charge in [0.15, 0.2) is 11.5 Å². The molecule has 0 saturated carbocycles. The second kappa shape index (κ2) is 8.82. The summed E-state index contributed by atoms with van der Waals surface area (Å²) in [4.78, 5) is 31.1. The lowest BCUT2D eigenvalue weighted by Gasteiger charge is -2.17. The normalized spacial score (nSPS) is 10.2. The average molecular weight is 389 g/mol. The van der Waals surface area contributed by atoms with Gasteiger partial charge in [0.05, 0.1) is 30.6 Å². The minimum Gasteiger partial charge on any atom is -0.489 e. The molecule has 2 aromatic rings. The zero-order chi connectivity index (χ0) is 20.0. The van der Waals surface area contributed by atoms with E-state index in [1.165, 1.54) is 18.5 Å². The fraction of sp³-hybridized carbons (Fsp3) is 0.235. The Morgan fingerprint density at radius 2 is 2.04 bits per heavy atom. The molecule has 1 heterocycles. The van der Waals surface area contributed by atoms with Gasteiger partial charge in [0, 0.05) is 5.02 Å². The van der Waals surface area contributed by atoms with E-state index in [0.29, 0.717) is 17.0 Å². The summed E-state index contributed by atoms with van der Waals surface area (Å²) < 4.78 is 5.69. The molecule has 0 radical (unpaired) electrons. The third kappa shape index (κ3) is 5.83. The third-order valence-corrected chi connectivity index (χ3v) is 3.48. The van der Waals surface area contributed by atoms with E-state index in [9.17, 15) is 9.59 Å². The summed E-state index contributed by atoms with van der Waals surface area (Å²) in [5, 5.41) is 14.1. The number of ether oxygens (including phenoxy) is 1. The first-order chi connectivity index (χ1) is 12.8. The van der Waals surface area contributed by atoms with Crippen LogP contribution in [0, 0.1) is 11.3 Å². The van der Waals surface area contributed by atoms with Crippen LogP contribution in [0.25, 0.3) is 0 Å². The van der Waals surface area contributed by atoms with Crippen LogP contribution in [0.5, 0.6) is 5.75 Å². The molecule has 0 fully saturated rings. The molecule has 3 amide bonds. The molecule has 0 aliphatic rings. The minimum absolute atomic E-state index is 0.0550. The minimum atomic E-state index is -0.610. The van der Waals surface area contributed by atoms with Crippen LogP contribution in [0.2, 0.25) is 5.02 Å². The van der Waals surface area contributed by atoms with Crippen LogP contribution in [0.4, 0.5) is 16.3 Å². The fourth-order valence-corrected chi connectivity index (χ4v) is 2.32. The number of halogens is 1. The average Bonchev–Trinajstić information content (AvgIpc) is 2.58. The molecule has 0 spiro atoms. The Bertz CT molecular complexity index is 893. The number of amides is 3. The summed E-state index contributed by atoms with van der Waals surface area (Å²) in [5.74, 6) is -0.0359. The van der Waals surface area contributed by atoms with Crippen molar-refractivity contribution in [1.82, 2.24) is 9.97 Å². The van der Waals surface area contributed by atoms with Gasteiger partial charge >= 0.3 is 6.03 Å². The summed E-state index contributed by atoms with van der Waals surface area (Å²) in [6, 6.07) is 4.26. The lowest BCUT2D eigenvalue weighted by Crippen LogP contribution is -2.21.